The van der Waals surface area contributed by atoms with Crippen molar-refractivity contribution in [2.45, 2.75) is 38.3 Å². The molecule has 78 valence electrons. The lowest BCUT2D eigenvalue weighted by Crippen LogP contribution is -2.07. The molecule has 1 aliphatic heterocycles. The van der Waals surface area contributed by atoms with Gasteiger partial charge in [-0.1, -0.05) is 0 Å². The Morgan fingerprint density at radius 1 is 1.57 bits per heavy atom. The van der Waals surface area contributed by atoms with Crippen LogP contribution in [0.4, 0.5) is 0 Å². The maximum atomic E-state index is 5.53. The van der Waals surface area contributed by atoms with Gasteiger partial charge in [0, 0.05) is 19.6 Å². The van der Waals surface area contributed by atoms with Gasteiger partial charge in [0.15, 0.2) is 6.39 Å². The third kappa shape index (κ3) is 2.13. The first-order valence-electron chi connectivity index (χ1n) is 5.13. The van der Waals surface area contributed by atoms with Gasteiger partial charge in [-0.25, -0.2) is 4.98 Å². The summed E-state index contributed by atoms with van der Waals surface area (Å²) >= 11 is 0. The fourth-order valence-corrected chi connectivity index (χ4v) is 1.83. The van der Waals surface area contributed by atoms with Crippen molar-refractivity contribution in [3.05, 3.63) is 17.8 Å². The van der Waals surface area contributed by atoms with Gasteiger partial charge in [0.25, 0.3) is 0 Å². The Kier molecular flexibility index (Phi) is 3.16. The van der Waals surface area contributed by atoms with E-state index >= 15 is 0 Å². The summed E-state index contributed by atoms with van der Waals surface area (Å²) in [5, 5.41) is 0. The molecule has 0 aliphatic carbocycles. The second-order valence-electron chi connectivity index (χ2n) is 3.60. The Bertz CT molecular complexity index is 279. The van der Waals surface area contributed by atoms with Crippen molar-refractivity contribution in [3.63, 3.8) is 0 Å². The summed E-state index contributed by atoms with van der Waals surface area (Å²) in [6, 6.07) is 0. The molecule has 4 nitrogen and oxygen atoms in total. The van der Waals surface area contributed by atoms with Crippen molar-refractivity contribution in [3.8, 4) is 0 Å². The highest BCUT2D eigenvalue weighted by Crippen LogP contribution is 2.18. The fraction of sp³-hybridized carbons (Fsp3) is 0.700. The monoisotopic (exact) mass is 196 g/mol. The van der Waals surface area contributed by atoms with Crippen LogP contribution >= 0.6 is 0 Å². The Morgan fingerprint density at radius 2 is 2.50 bits per heavy atom. The first kappa shape index (κ1) is 9.68. The topological polar surface area (TPSA) is 61.3 Å². The van der Waals surface area contributed by atoms with Gasteiger partial charge in [-0.05, 0) is 19.3 Å². The number of hydrogen-bond acceptors (Lipinski definition) is 4. The first-order chi connectivity index (χ1) is 6.90. The molecule has 0 radical (unpaired) electrons. The van der Waals surface area contributed by atoms with Crippen LogP contribution in [0.15, 0.2) is 10.8 Å². The molecular formula is C10H16N2O2. The van der Waals surface area contributed by atoms with Gasteiger partial charge in [-0.15, -0.1) is 0 Å². The van der Waals surface area contributed by atoms with Gasteiger partial charge in [0.2, 0.25) is 0 Å². The second-order valence-corrected chi connectivity index (χ2v) is 3.60. The molecule has 1 aromatic rings. The van der Waals surface area contributed by atoms with Gasteiger partial charge in [0.1, 0.15) is 5.76 Å². The number of aromatic nitrogens is 1. The molecule has 1 saturated heterocycles. The van der Waals surface area contributed by atoms with Crippen molar-refractivity contribution in [2.24, 2.45) is 5.73 Å². The largest absolute Gasteiger partial charge is 0.448 e. The summed E-state index contributed by atoms with van der Waals surface area (Å²) < 4.78 is 10.8. The maximum Gasteiger partial charge on any atom is 0.181 e. The van der Waals surface area contributed by atoms with E-state index in [1.54, 1.807) is 0 Å². The van der Waals surface area contributed by atoms with Gasteiger partial charge in [-0.2, -0.15) is 0 Å². The zero-order chi connectivity index (χ0) is 9.80. The molecule has 0 amide bonds. The lowest BCUT2D eigenvalue weighted by atomic mass is 10.1. The molecule has 14 heavy (non-hydrogen) atoms. The lowest BCUT2D eigenvalue weighted by Gasteiger charge is -2.07. The Hall–Kier alpha value is -0.870. The SMILES string of the molecule is NCc1ncoc1CCC1CCCO1. The molecule has 1 aliphatic rings. The standard InChI is InChI=1S/C10H16N2O2/c11-6-9-10(14-7-12-9)4-3-8-2-1-5-13-8/h7-8H,1-6,11H2. The highest BCUT2D eigenvalue weighted by atomic mass is 16.5. The van der Waals surface area contributed by atoms with Crippen LogP contribution in [0, 0.1) is 0 Å². The van der Waals surface area contributed by atoms with Crippen LogP contribution in [-0.4, -0.2) is 17.7 Å². The van der Waals surface area contributed by atoms with Crippen LogP contribution in [0.3, 0.4) is 0 Å². The summed E-state index contributed by atoms with van der Waals surface area (Å²) in [5.74, 6) is 0.919. The number of aryl methyl sites for hydroxylation is 1. The van der Waals surface area contributed by atoms with E-state index < -0.39 is 0 Å². The zero-order valence-corrected chi connectivity index (χ0v) is 8.24. The van der Waals surface area contributed by atoms with E-state index in [1.807, 2.05) is 0 Å². The smallest absolute Gasteiger partial charge is 0.181 e. The van der Waals surface area contributed by atoms with E-state index in [0.29, 0.717) is 12.6 Å². The summed E-state index contributed by atoms with van der Waals surface area (Å²) in [6.45, 7) is 1.36. The maximum absolute atomic E-state index is 5.53. The molecule has 1 aromatic heterocycles. The normalized spacial score (nSPS) is 21.6. The van der Waals surface area contributed by atoms with E-state index in [4.69, 9.17) is 14.9 Å². The third-order valence-corrected chi connectivity index (χ3v) is 2.64. The van der Waals surface area contributed by atoms with Crippen LogP contribution in [0.5, 0.6) is 0 Å². The number of rotatable bonds is 4. The highest BCUT2D eigenvalue weighted by Gasteiger charge is 2.16. The van der Waals surface area contributed by atoms with Crippen LogP contribution in [0.25, 0.3) is 0 Å². The van der Waals surface area contributed by atoms with Crippen LogP contribution in [0.2, 0.25) is 0 Å². The summed E-state index contributed by atoms with van der Waals surface area (Å²) in [7, 11) is 0. The zero-order valence-electron chi connectivity index (χ0n) is 8.24. The van der Waals surface area contributed by atoms with Crippen LogP contribution < -0.4 is 5.73 Å². The minimum Gasteiger partial charge on any atom is -0.448 e. The minimum absolute atomic E-state index is 0.408. The van der Waals surface area contributed by atoms with Gasteiger partial charge >= 0.3 is 0 Å². The number of ether oxygens (including phenoxy) is 1. The molecule has 2 N–H and O–H groups in total. The minimum atomic E-state index is 0.408. The average molecular weight is 196 g/mol. The highest BCUT2D eigenvalue weighted by molar-refractivity contribution is 5.06. The summed E-state index contributed by atoms with van der Waals surface area (Å²) in [4.78, 5) is 4.05. The quantitative estimate of drug-likeness (QED) is 0.787. The van der Waals surface area contributed by atoms with Crippen molar-refractivity contribution < 1.29 is 9.15 Å². The molecule has 0 bridgehead atoms. The fourth-order valence-electron chi connectivity index (χ4n) is 1.83. The van der Waals surface area contributed by atoms with Gasteiger partial charge in [-0.3, -0.25) is 0 Å². The number of hydrogen-bond donors (Lipinski definition) is 1. The molecule has 2 rings (SSSR count). The molecule has 0 spiro atoms. The molecule has 1 atom stereocenters. The van der Waals surface area contributed by atoms with E-state index in [9.17, 15) is 0 Å². The number of nitrogens with two attached hydrogens (primary N) is 1. The van der Waals surface area contributed by atoms with E-state index in [2.05, 4.69) is 4.98 Å². The van der Waals surface area contributed by atoms with E-state index in [0.717, 1.165) is 30.9 Å². The molecule has 2 heterocycles. The van der Waals surface area contributed by atoms with Gasteiger partial charge in [0.05, 0.1) is 11.8 Å². The summed E-state index contributed by atoms with van der Waals surface area (Å²) in [5.41, 5.74) is 6.40. The van der Waals surface area contributed by atoms with Gasteiger partial charge < -0.3 is 14.9 Å². The Morgan fingerprint density at radius 3 is 3.21 bits per heavy atom. The number of nitrogens with zero attached hydrogens (tertiary/aromatic N) is 1. The van der Waals surface area contributed by atoms with Crippen molar-refractivity contribution in [1.82, 2.24) is 4.98 Å². The lowest BCUT2D eigenvalue weighted by molar-refractivity contribution is 0.103. The predicted molar refractivity (Wildman–Crippen MR) is 51.7 cm³/mol. The van der Waals surface area contributed by atoms with E-state index in [1.165, 1.54) is 19.2 Å². The Labute approximate surface area is 83.4 Å². The molecule has 0 saturated carbocycles. The molecule has 4 heteroatoms. The van der Waals surface area contributed by atoms with Crippen LogP contribution in [0.1, 0.15) is 30.7 Å². The molecule has 0 aromatic carbocycles. The average Bonchev–Trinajstić information content (AvgIpc) is 2.85. The first-order valence-corrected chi connectivity index (χ1v) is 5.13. The Balaban J connectivity index is 1.84. The van der Waals surface area contributed by atoms with Crippen LogP contribution in [-0.2, 0) is 17.7 Å². The third-order valence-electron chi connectivity index (χ3n) is 2.64. The summed E-state index contributed by atoms with van der Waals surface area (Å²) in [6.07, 6.45) is 6.13. The number of oxazole rings is 1. The van der Waals surface area contributed by atoms with E-state index in [-0.39, 0.29) is 0 Å². The second kappa shape index (κ2) is 4.57. The molecule has 1 unspecified atom stereocenters. The van der Waals surface area contributed by atoms with Crippen molar-refractivity contribution >= 4 is 0 Å². The molecule has 1 fully saturated rings. The van der Waals surface area contributed by atoms with Crippen molar-refractivity contribution in [1.29, 1.82) is 0 Å². The molecular weight excluding hydrogens is 180 g/mol. The van der Waals surface area contributed by atoms with Crippen molar-refractivity contribution in [2.75, 3.05) is 6.61 Å². The predicted octanol–water partition coefficient (Wildman–Crippen LogP) is 1.24.